The first-order chi connectivity index (χ1) is 18.5. The van der Waals surface area contributed by atoms with Crippen LogP contribution in [-0.2, 0) is 23.9 Å². The number of aliphatic hydroxyl groups excluding tert-OH is 1. The van der Waals surface area contributed by atoms with Crippen molar-refractivity contribution in [2.75, 3.05) is 27.3 Å². The second-order valence-corrected chi connectivity index (χ2v) is 24.0. The maximum absolute atomic E-state index is 11.7. The fourth-order valence-electron chi connectivity index (χ4n) is 2.92. The number of benzene rings is 2. The first kappa shape index (κ1) is 37.1. The Morgan fingerprint density at radius 2 is 1.18 bits per heavy atom. The molecule has 10 nitrogen and oxygen atoms in total. The van der Waals surface area contributed by atoms with Crippen molar-refractivity contribution in [3.8, 4) is 0 Å². The summed E-state index contributed by atoms with van der Waals surface area (Å²) in [6.45, 7) is 2.75. The Kier molecular flexibility index (Phi) is 20.9. The van der Waals surface area contributed by atoms with Crippen LogP contribution in [0.2, 0.25) is 0 Å². The summed E-state index contributed by atoms with van der Waals surface area (Å²) in [5.74, 6) is -3.86. The quantitative estimate of drug-likeness (QED) is 0.174. The molecule has 0 spiro atoms. The van der Waals surface area contributed by atoms with E-state index in [-0.39, 0.29) is 30.7 Å². The predicted molar refractivity (Wildman–Crippen MR) is 159 cm³/mol. The molecule has 13 heteroatoms. The molecule has 2 rings (SSSR count). The molecule has 0 aliphatic carbocycles. The molecule has 0 saturated heterocycles. The number of hydrogen-bond donors (Lipinski definition) is 3. The summed E-state index contributed by atoms with van der Waals surface area (Å²) >= 11 is 5.30. The molecule has 0 fully saturated rings. The monoisotopic (exact) mass is 881 g/mol. The molecule has 2 aromatic carbocycles. The van der Waals surface area contributed by atoms with Crippen LogP contribution in [0.1, 0.15) is 34.6 Å². The van der Waals surface area contributed by atoms with Crippen LogP contribution in [0, 0.1) is 11.8 Å². The van der Waals surface area contributed by atoms with Crippen molar-refractivity contribution in [3.63, 3.8) is 0 Å². The molecule has 1 unspecified atom stereocenters. The van der Waals surface area contributed by atoms with Crippen molar-refractivity contribution in [1.29, 1.82) is 0 Å². The van der Waals surface area contributed by atoms with E-state index in [2.05, 4.69) is 57.3 Å². The molecule has 39 heavy (non-hydrogen) atoms. The van der Waals surface area contributed by atoms with E-state index in [0.717, 1.165) is 0 Å². The number of esters is 2. The Balaban J connectivity index is 0.000000673. The Morgan fingerprint density at radius 3 is 1.51 bits per heavy atom. The summed E-state index contributed by atoms with van der Waals surface area (Å²) in [6, 6.07) is 17.2. The maximum atomic E-state index is 11.7. The van der Waals surface area contributed by atoms with Gasteiger partial charge in [-0.3, -0.25) is 24.0 Å². The molecule has 0 bridgehead atoms. The summed E-state index contributed by atoms with van der Waals surface area (Å²) in [4.78, 5) is 57.4. The van der Waals surface area contributed by atoms with Crippen molar-refractivity contribution in [2.24, 2.45) is 11.8 Å². The van der Waals surface area contributed by atoms with Gasteiger partial charge in [0.25, 0.3) is 11.8 Å². The van der Waals surface area contributed by atoms with Gasteiger partial charge >= 0.3 is 62.4 Å². The van der Waals surface area contributed by atoms with Gasteiger partial charge in [-0.05, 0) is 38.1 Å². The van der Waals surface area contributed by atoms with Crippen LogP contribution in [0.25, 0.3) is 0 Å². The number of carbonyl (C=O) groups excluding carboxylic acids is 5. The van der Waals surface area contributed by atoms with E-state index in [1.165, 1.54) is 28.1 Å². The molecule has 0 aliphatic rings. The number of ketones is 1. The number of hydrogen-bond acceptors (Lipinski definition) is 8. The van der Waals surface area contributed by atoms with E-state index in [4.69, 9.17) is 0 Å². The van der Waals surface area contributed by atoms with Crippen LogP contribution in [0.5, 0.6) is 0 Å². The van der Waals surface area contributed by atoms with Gasteiger partial charge in [-0.25, -0.2) is 0 Å². The summed E-state index contributed by atoms with van der Waals surface area (Å²) < 4.78 is 9.06. The van der Waals surface area contributed by atoms with E-state index >= 15 is 0 Å². The third-order valence-corrected chi connectivity index (χ3v) is 5.08. The number of nitrogens with one attached hydrogen (secondary N) is 2. The van der Waals surface area contributed by atoms with Crippen molar-refractivity contribution < 1.29 is 51.8 Å². The van der Waals surface area contributed by atoms with Crippen LogP contribution in [0.4, 0.5) is 0 Å². The number of amides is 2. The second-order valence-electron chi connectivity index (χ2n) is 7.76. The number of rotatable bonds is 10. The van der Waals surface area contributed by atoms with E-state index in [9.17, 15) is 29.1 Å². The summed E-state index contributed by atoms with van der Waals surface area (Å²) in [7, 11) is 2.45. The zero-order valence-electron chi connectivity index (χ0n) is 21.9. The van der Waals surface area contributed by atoms with Crippen LogP contribution in [-0.4, -0.2) is 68.1 Å². The number of methoxy groups -OCH3 is 2. The molecule has 0 heterocycles. The van der Waals surface area contributed by atoms with Gasteiger partial charge in [0.1, 0.15) is 11.7 Å². The molecule has 0 aliphatic heterocycles. The molecule has 0 radical (unpaired) electrons. The third kappa shape index (κ3) is 15.5. The fourth-order valence-corrected chi connectivity index (χ4v) is 2.92. The zero-order chi connectivity index (χ0) is 29.8. The molecular formula is C26H32I3N2O8-. The first-order valence-corrected chi connectivity index (χ1v) is 24.0. The Morgan fingerprint density at radius 1 is 0.795 bits per heavy atom. The average Bonchev–Trinajstić information content (AvgIpc) is 2.94. The Bertz CT molecular complexity index is 1040. The predicted octanol–water partition coefficient (Wildman–Crippen LogP) is 0.156. The van der Waals surface area contributed by atoms with Gasteiger partial charge in [-0.1, -0.05) is 36.4 Å². The van der Waals surface area contributed by atoms with Gasteiger partial charge in [-0.15, -0.1) is 0 Å². The molecule has 216 valence electrons. The van der Waals surface area contributed by atoms with Gasteiger partial charge < -0.3 is 25.2 Å². The van der Waals surface area contributed by atoms with E-state index in [0.29, 0.717) is 24.4 Å². The summed E-state index contributed by atoms with van der Waals surface area (Å²) in [6.07, 6.45) is -0.881. The SMILES string of the molecule is COC(=O)C(CNC(=O)c1ccccc1)C(C)=O.COC(=O)[C@H](CNC(=O)c1ccccc1)[C@H](C)O.I[I-]I. The number of carbonyl (C=O) groups is 5. The van der Waals surface area contributed by atoms with E-state index in [1.54, 1.807) is 54.6 Å². The zero-order valence-corrected chi connectivity index (χ0v) is 28.3. The van der Waals surface area contributed by atoms with Gasteiger partial charge in [-0.2, -0.15) is 0 Å². The average molecular weight is 881 g/mol. The van der Waals surface area contributed by atoms with Crippen LogP contribution >= 0.6 is 37.2 Å². The number of Topliss-reactive ketones (excluding diaryl/α,β-unsaturated/α-hetero) is 1. The second kappa shape index (κ2) is 21.9. The van der Waals surface area contributed by atoms with E-state index < -0.39 is 29.9 Å². The van der Waals surface area contributed by atoms with Gasteiger partial charge in [0.05, 0.1) is 26.2 Å². The van der Waals surface area contributed by atoms with Crippen LogP contribution in [0.3, 0.4) is 0 Å². The molecular weight excluding hydrogens is 849 g/mol. The van der Waals surface area contributed by atoms with Crippen LogP contribution in [0.15, 0.2) is 60.7 Å². The normalized spacial score (nSPS) is 12.1. The molecule has 0 saturated carbocycles. The number of halogens is 3. The fraction of sp³-hybridized carbons (Fsp3) is 0.346. The summed E-state index contributed by atoms with van der Waals surface area (Å²) in [5.41, 5.74) is 0.983. The van der Waals surface area contributed by atoms with Crippen molar-refractivity contribution >= 4 is 66.8 Å². The van der Waals surface area contributed by atoms with E-state index in [1.807, 2.05) is 6.07 Å². The third-order valence-electron chi connectivity index (χ3n) is 5.08. The minimum absolute atomic E-state index is 0.0397. The standard InChI is InChI=1S/C13H17NO4.C13H15NO4.I3/c2*1-9(15)11(13(17)18-2)8-14-12(16)10-6-4-3-5-7-10;1-3-2/h3-7,9,11,15H,8H2,1-2H3,(H,14,16);3-7,11H,8H2,1-2H3,(H,14,16);/q;;-1/t9-,11+;;/m0../s1. The molecule has 2 amide bonds. The van der Waals surface area contributed by atoms with Gasteiger partial charge in [0.2, 0.25) is 0 Å². The molecule has 0 aromatic heterocycles. The van der Waals surface area contributed by atoms with Crippen molar-refractivity contribution in [1.82, 2.24) is 10.6 Å². The molecule has 2 aromatic rings. The first-order valence-electron chi connectivity index (χ1n) is 11.4. The molecule has 3 N–H and O–H groups in total. The van der Waals surface area contributed by atoms with Crippen molar-refractivity contribution in [2.45, 2.75) is 20.0 Å². The molecule has 3 atom stereocenters. The minimum atomic E-state index is -0.956. The Hall–Kier alpha value is -1.86. The summed E-state index contributed by atoms with van der Waals surface area (Å²) in [5, 5.41) is 14.6. The number of aliphatic hydroxyl groups is 1. The van der Waals surface area contributed by atoms with Crippen LogP contribution < -0.4 is 23.9 Å². The Labute approximate surface area is 258 Å². The number of ether oxygens (including phenoxy) is 2. The topological polar surface area (TPSA) is 148 Å². The van der Waals surface area contributed by atoms with Gasteiger partial charge in [0, 0.05) is 24.2 Å². The van der Waals surface area contributed by atoms with Gasteiger partial charge in [0.15, 0.2) is 0 Å². The van der Waals surface area contributed by atoms with Crippen molar-refractivity contribution in [3.05, 3.63) is 71.8 Å².